The number of esters is 1. The van der Waals surface area contributed by atoms with Crippen LogP contribution in [0.1, 0.15) is 63.9 Å². The lowest BCUT2D eigenvalue weighted by Gasteiger charge is -2.13. The van der Waals surface area contributed by atoms with Gasteiger partial charge in [0.1, 0.15) is 5.69 Å². The van der Waals surface area contributed by atoms with E-state index in [-0.39, 0.29) is 17.9 Å². The molecule has 0 bridgehead atoms. The number of nitrogens with one attached hydrogen (secondary N) is 1. The Balaban J connectivity index is 1.57. The van der Waals surface area contributed by atoms with Gasteiger partial charge in [0.25, 0.3) is 0 Å². The van der Waals surface area contributed by atoms with E-state index in [2.05, 4.69) is 30.1 Å². The van der Waals surface area contributed by atoms with E-state index in [0.717, 1.165) is 31.2 Å². The van der Waals surface area contributed by atoms with E-state index < -0.39 is 0 Å². The fourth-order valence-electron chi connectivity index (χ4n) is 3.16. The zero-order valence-electron chi connectivity index (χ0n) is 14.2. The molecule has 2 aromatic rings. The van der Waals surface area contributed by atoms with Crippen LogP contribution in [0.2, 0.25) is 0 Å². The van der Waals surface area contributed by atoms with Crippen LogP contribution in [0.5, 0.6) is 0 Å². The molecule has 126 valence electrons. The monoisotopic (exact) mass is 325 g/mol. The van der Waals surface area contributed by atoms with Crippen molar-refractivity contribution in [2.75, 3.05) is 0 Å². The number of hydrogen-bond acceptors (Lipinski definition) is 3. The third-order valence-corrected chi connectivity index (χ3v) is 4.48. The number of carbonyl (C=O) groups excluding carboxylic acids is 2. The molecule has 1 aliphatic rings. The fourth-order valence-corrected chi connectivity index (χ4v) is 3.16. The average molecular weight is 325 g/mol. The van der Waals surface area contributed by atoms with Gasteiger partial charge in [0, 0.05) is 6.42 Å². The van der Waals surface area contributed by atoms with Crippen LogP contribution in [0.3, 0.4) is 0 Å². The lowest BCUT2D eigenvalue weighted by molar-refractivity contribution is 0.0319. The fraction of sp³-hybridized carbons (Fsp3) is 0.400. The SMILES string of the molecule is Cc1cccc(CCC(C)OC(=O)c2cc3c([nH]2)C(=O)CCC3)c1. The van der Waals surface area contributed by atoms with E-state index >= 15 is 0 Å². The molecule has 1 aromatic heterocycles. The van der Waals surface area contributed by atoms with Gasteiger partial charge in [-0.1, -0.05) is 29.8 Å². The number of carbonyl (C=O) groups is 2. The molecular formula is C20H23NO3. The van der Waals surface area contributed by atoms with Crippen molar-refractivity contribution in [2.24, 2.45) is 0 Å². The Kier molecular flexibility index (Phi) is 4.84. The largest absolute Gasteiger partial charge is 0.458 e. The molecule has 0 fully saturated rings. The van der Waals surface area contributed by atoms with Gasteiger partial charge in [0.2, 0.25) is 0 Å². The van der Waals surface area contributed by atoms with E-state index in [1.54, 1.807) is 6.07 Å². The number of benzene rings is 1. The highest BCUT2D eigenvalue weighted by molar-refractivity contribution is 5.99. The van der Waals surface area contributed by atoms with Crippen molar-refractivity contribution >= 4 is 11.8 Å². The number of aromatic amines is 1. The molecule has 0 spiro atoms. The second-order valence-corrected chi connectivity index (χ2v) is 6.60. The van der Waals surface area contributed by atoms with Crippen LogP contribution in [0.4, 0.5) is 0 Å². The van der Waals surface area contributed by atoms with Crippen LogP contribution in [0.15, 0.2) is 30.3 Å². The lowest BCUT2D eigenvalue weighted by atomic mass is 9.97. The Hall–Kier alpha value is -2.36. The molecule has 0 radical (unpaired) electrons. The van der Waals surface area contributed by atoms with Crippen molar-refractivity contribution in [1.29, 1.82) is 0 Å². The molecule has 4 heteroatoms. The van der Waals surface area contributed by atoms with E-state index in [1.165, 1.54) is 11.1 Å². The molecule has 4 nitrogen and oxygen atoms in total. The number of fused-ring (bicyclic) bond motifs is 1. The van der Waals surface area contributed by atoms with Crippen molar-refractivity contribution in [2.45, 2.75) is 52.1 Å². The average Bonchev–Trinajstić information content (AvgIpc) is 2.99. The summed E-state index contributed by atoms with van der Waals surface area (Å²) in [5.74, 6) is -0.295. The number of Topliss-reactive ketones (excluding diaryl/α,β-unsaturated/α-hetero) is 1. The van der Waals surface area contributed by atoms with Gasteiger partial charge in [0.05, 0.1) is 11.8 Å². The maximum absolute atomic E-state index is 12.3. The Morgan fingerprint density at radius 1 is 1.29 bits per heavy atom. The number of rotatable bonds is 5. The summed E-state index contributed by atoms with van der Waals surface area (Å²) in [5, 5.41) is 0. The molecule has 1 aromatic carbocycles. The van der Waals surface area contributed by atoms with Crippen molar-refractivity contribution in [3.63, 3.8) is 0 Å². The minimum Gasteiger partial charge on any atom is -0.458 e. The summed E-state index contributed by atoms with van der Waals surface area (Å²) in [5.41, 5.74) is 4.39. The topological polar surface area (TPSA) is 59.2 Å². The minimum absolute atomic E-state index is 0.0859. The van der Waals surface area contributed by atoms with Crippen LogP contribution in [0, 0.1) is 6.92 Å². The van der Waals surface area contributed by atoms with Gasteiger partial charge in [-0.15, -0.1) is 0 Å². The van der Waals surface area contributed by atoms with Crippen molar-refractivity contribution < 1.29 is 14.3 Å². The molecule has 1 aliphatic carbocycles. The van der Waals surface area contributed by atoms with Crippen molar-refractivity contribution in [3.05, 3.63) is 58.4 Å². The number of hydrogen-bond donors (Lipinski definition) is 1. The molecule has 1 unspecified atom stereocenters. The molecule has 1 atom stereocenters. The summed E-state index contributed by atoms with van der Waals surface area (Å²) < 4.78 is 5.52. The summed E-state index contributed by atoms with van der Waals surface area (Å²) in [6.45, 7) is 3.98. The van der Waals surface area contributed by atoms with Gasteiger partial charge in [-0.25, -0.2) is 4.79 Å². The predicted octanol–water partition coefficient (Wildman–Crippen LogP) is 4.02. The van der Waals surface area contributed by atoms with E-state index in [9.17, 15) is 9.59 Å². The summed E-state index contributed by atoms with van der Waals surface area (Å²) in [7, 11) is 0. The Morgan fingerprint density at radius 3 is 2.88 bits per heavy atom. The van der Waals surface area contributed by atoms with Gasteiger partial charge in [0.15, 0.2) is 5.78 Å². The minimum atomic E-state index is -0.381. The first-order valence-electron chi connectivity index (χ1n) is 8.54. The van der Waals surface area contributed by atoms with Gasteiger partial charge >= 0.3 is 5.97 Å². The second-order valence-electron chi connectivity index (χ2n) is 6.60. The third-order valence-electron chi connectivity index (χ3n) is 4.48. The van der Waals surface area contributed by atoms with E-state index in [1.807, 2.05) is 13.0 Å². The van der Waals surface area contributed by atoms with E-state index in [4.69, 9.17) is 4.74 Å². The summed E-state index contributed by atoms with van der Waals surface area (Å²) >= 11 is 0. The first kappa shape index (κ1) is 16.5. The van der Waals surface area contributed by atoms with Gasteiger partial charge in [-0.05, 0) is 56.7 Å². The number of ether oxygens (including phenoxy) is 1. The van der Waals surface area contributed by atoms with Crippen molar-refractivity contribution in [3.8, 4) is 0 Å². The van der Waals surface area contributed by atoms with Crippen LogP contribution in [0.25, 0.3) is 0 Å². The Labute approximate surface area is 142 Å². The van der Waals surface area contributed by atoms with Crippen molar-refractivity contribution in [1.82, 2.24) is 4.98 Å². The summed E-state index contributed by atoms with van der Waals surface area (Å²) in [4.78, 5) is 27.1. The summed E-state index contributed by atoms with van der Waals surface area (Å²) in [6.07, 6.45) is 3.71. The highest BCUT2D eigenvalue weighted by Crippen LogP contribution is 2.22. The molecule has 3 rings (SSSR count). The standard InChI is InChI=1S/C20H23NO3/c1-13-5-3-6-15(11-13)10-9-14(2)24-20(23)17-12-16-7-4-8-18(22)19(16)21-17/h3,5-6,11-12,14,21H,4,7-10H2,1-2H3. The molecular weight excluding hydrogens is 302 g/mol. The molecule has 0 amide bonds. The number of aromatic nitrogens is 1. The second kappa shape index (κ2) is 7.04. The highest BCUT2D eigenvalue weighted by Gasteiger charge is 2.23. The Bertz CT molecular complexity index is 760. The quantitative estimate of drug-likeness (QED) is 0.845. The van der Waals surface area contributed by atoms with Crippen LogP contribution >= 0.6 is 0 Å². The molecule has 0 saturated carbocycles. The van der Waals surface area contributed by atoms with Crippen LogP contribution in [-0.2, 0) is 17.6 Å². The first-order valence-corrected chi connectivity index (χ1v) is 8.54. The third kappa shape index (κ3) is 3.75. The zero-order valence-corrected chi connectivity index (χ0v) is 14.2. The predicted molar refractivity (Wildman–Crippen MR) is 92.4 cm³/mol. The normalized spacial score (nSPS) is 15.0. The Morgan fingerprint density at radius 2 is 2.12 bits per heavy atom. The molecule has 24 heavy (non-hydrogen) atoms. The van der Waals surface area contributed by atoms with Gasteiger partial charge < -0.3 is 9.72 Å². The number of H-pyrrole nitrogens is 1. The number of aryl methyl sites for hydroxylation is 3. The highest BCUT2D eigenvalue weighted by atomic mass is 16.5. The molecule has 0 aliphatic heterocycles. The molecule has 0 saturated heterocycles. The maximum Gasteiger partial charge on any atom is 0.355 e. The van der Waals surface area contributed by atoms with Gasteiger partial charge in [-0.3, -0.25) is 4.79 Å². The number of ketones is 1. The van der Waals surface area contributed by atoms with Crippen LogP contribution in [-0.4, -0.2) is 22.8 Å². The van der Waals surface area contributed by atoms with Crippen LogP contribution < -0.4 is 0 Å². The first-order chi connectivity index (χ1) is 11.5. The van der Waals surface area contributed by atoms with Gasteiger partial charge in [-0.2, -0.15) is 0 Å². The summed E-state index contributed by atoms with van der Waals surface area (Å²) in [6, 6.07) is 10.1. The van der Waals surface area contributed by atoms with E-state index in [0.29, 0.717) is 17.8 Å². The lowest BCUT2D eigenvalue weighted by Crippen LogP contribution is -2.16. The molecule has 1 heterocycles. The maximum atomic E-state index is 12.3. The zero-order chi connectivity index (χ0) is 17.1. The molecule has 1 N–H and O–H groups in total. The smallest absolute Gasteiger partial charge is 0.355 e.